The lowest BCUT2D eigenvalue weighted by molar-refractivity contribution is -0.141. The van der Waals surface area contributed by atoms with Gasteiger partial charge in [-0.05, 0) is 24.1 Å². The number of benzene rings is 1. The highest BCUT2D eigenvalue weighted by molar-refractivity contribution is 5.84. The van der Waals surface area contributed by atoms with Gasteiger partial charge in [0, 0.05) is 27.1 Å². The highest BCUT2D eigenvalue weighted by atomic mass is 19.1. The van der Waals surface area contributed by atoms with E-state index < -0.39 is 6.04 Å². The molecule has 1 aliphatic heterocycles. The van der Waals surface area contributed by atoms with Crippen molar-refractivity contribution in [3.8, 4) is 0 Å². The van der Waals surface area contributed by atoms with Crippen molar-refractivity contribution in [1.82, 2.24) is 10.2 Å². The van der Waals surface area contributed by atoms with Gasteiger partial charge in [0.25, 0.3) is 0 Å². The average Bonchev–Trinajstić information content (AvgIpc) is 2.50. The molecule has 1 aromatic carbocycles. The first-order valence-corrected chi connectivity index (χ1v) is 7.32. The van der Waals surface area contributed by atoms with Gasteiger partial charge < -0.3 is 15.0 Å². The predicted octanol–water partition coefficient (Wildman–Crippen LogP) is 1.50. The molecule has 2 unspecified atom stereocenters. The number of carbonyl (C=O) groups excluding carboxylic acids is 2. The van der Waals surface area contributed by atoms with Crippen LogP contribution in [0.3, 0.4) is 0 Å². The van der Waals surface area contributed by atoms with Gasteiger partial charge in [0.2, 0.25) is 11.8 Å². The first-order valence-electron chi connectivity index (χ1n) is 7.32. The zero-order chi connectivity index (χ0) is 16.1. The average molecular weight is 308 g/mol. The topological polar surface area (TPSA) is 58.6 Å². The summed E-state index contributed by atoms with van der Waals surface area (Å²) in [5.74, 6) is -0.926. The second-order valence-electron chi connectivity index (χ2n) is 5.43. The van der Waals surface area contributed by atoms with Crippen LogP contribution in [0.5, 0.6) is 0 Å². The van der Waals surface area contributed by atoms with E-state index in [-0.39, 0.29) is 23.5 Å². The predicted molar refractivity (Wildman–Crippen MR) is 79.5 cm³/mol. The van der Waals surface area contributed by atoms with Crippen molar-refractivity contribution in [3.05, 3.63) is 35.6 Å². The third-order valence-corrected chi connectivity index (χ3v) is 3.99. The summed E-state index contributed by atoms with van der Waals surface area (Å²) < 4.78 is 18.4. The first-order chi connectivity index (χ1) is 10.5. The largest absolute Gasteiger partial charge is 0.383 e. The van der Waals surface area contributed by atoms with Gasteiger partial charge in [0.05, 0.1) is 18.6 Å². The molecule has 0 bridgehead atoms. The summed E-state index contributed by atoms with van der Waals surface area (Å²) in [6.45, 7) is 0.844. The van der Waals surface area contributed by atoms with E-state index in [9.17, 15) is 14.0 Å². The van der Waals surface area contributed by atoms with Crippen molar-refractivity contribution in [3.63, 3.8) is 0 Å². The van der Waals surface area contributed by atoms with Crippen molar-refractivity contribution >= 4 is 11.8 Å². The normalized spacial score (nSPS) is 21.8. The number of piperidine rings is 1. The van der Waals surface area contributed by atoms with E-state index in [1.807, 2.05) is 0 Å². The van der Waals surface area contributed by atoms with Crippen LogP contribution in [0.15, 0.2) is 24.3 Å². The Balaban J connectivity index is 2.22. The van der Waals surface area contributed by atoms with E-state index in [1.165, 1.54) is 12.1 Å². The first kappa shape index (κ1) is 16.4. The number of methoxy groups -OCH3 is 1. The summed E-state index contributed by atoms with van der Waals surface area (Å²) >= 11 is 0. The molecule has 0 radical (unpaired) electrons. The monoisotopic (exact) mass is 308 g/mol. The van der Waals surface area contributed by atoms with Crippen molar-refractivity contribution < 1.29 is 18.7 Å². The van der Waals surface area contributed by atoms with Gasteiger partial charge in [0.15, 0.2) is 0 Å². The molecule has 0 saturated carbocycles. The number of nitrogens with zero attached hydrogens (tertiary/aromatic N) is 1. The lowest BCUT2D eigenvalue weighted by Crippen LogP contribution is -2.46. The Morgan fingerprint density at radius 1 is 1.50 bits per heavy atom. The number of nitrogens with one attached hydrogen (secondary N) is 1. The van der Waals surface area contributed by atoms with Crippen LogP contribution in [0.1, 0.15) is 24.4 Å². The fourth-order valence-corrected chi connectivity index (χ4v) is 2.87. The molecule has 1 aliphatic rings. The van der Waals surface area contributed by atoms with E-state index in [4.69, 9.17) is 4.74 Å². The number of rotatable bonds is 5. The molecule has 22 heavy (non-hydrogen) atoms. The SMILES string of the molecule is COCCNC(=O)C1CCC(=O)N(C)C1c1cccc(F)c1. The quantitative estimate of drug-likeness (QED) is 0.839. The van der Waals surface area contributed by atoms with Gasteiger partial charge in [-0.2, -0.15) is 0 Å². The van der Waals surface area contributed by atoms with Crippen LogP contribution >= 0.6 is 0 Å². The maximum Gasteiger partial charge on any atom is 0.225 e. The Bertz CT molecular complexity index is 550. The van der Waals surface area contributed by atoms with E-state index in [0.29, 0.717) is 31.6 Å². The molecule has 0 aliphatic carbocycles. The molecule has 1 N–H and O–H groups in total. The van der Waals surface area contributed by atoms with Crippen LogP contribution in [-0.2, 0) is 14.3 Å². The van der Waals surface area contributed by atoms with Crippen molar-refractivity contribution in [2.75, 3.05) is 27.3 Å². The number of halogens is 1. The Morgan fingerprint density at radius 3 is 2.95 bits per heavy atom. The van der Waals surface area contributed by atoms with Crippen molar-refractivity contribution in [1.29, 1.82) is 0 Å². The minimum absolute atomic E-state index is 0.0322. The van der Waals surface area contributed by atoms with Gasteiger partial charge in [-0.1, -0.05) is 12.1 Å². The Kier molecular flexibility index (Phi) is 5.49. The van der Waals surface area contributed by atoms with Gasteiger partial charge in [0.1, 0.15) is 5.82 Å². The van der Waals surface area contributed by atoms with Gasteiger partial charge >= 0.3 is 0 Å². The molecule has 2 rings (SSSR count). The van der Waals surface area contributed by atoms with E-state index in [2.05, 4.69) is 5.32 Å². The molecule has 0 spiro atoms. The maximum atomic E-state index is 13.5. The maximum absolute atomic E-state index is 13.5. The fraction of sp³-hybridized carbons (Fsp3) is 0.500. The van der Waals surface area contributed by atoms with Crippen LogP contribution < -0.4 is 5.32 Å². The van der Waals surface area contributed by atoms with E-state index in [0.717, 1.165) is 0 Å². The number of carbonyl (C=O) groups is 2. The number of likely N-dealkylation sites (tertiary alicyclic amines) is 1. The Hall–Kier alpha value is -1.95. The highest BCUT2D eigenvalue weighted by Gasteiger charge is 2.38. The molecule has 1 aromatic rings. The lowest BCUT2D eigenvalue weighted by Gasteiger charge is -2.38. The molecule has 1 heterocycles. The number of hydrogen-bond acceptors (Lipinski definition) is 3. The summed E-state index contributed by atoms with van der Waals surface area (Å²) in [4.78, 5) is 25.9. The molecular weight excluding hydrogens is 287 g/mol. The van der Waals surface area contributed by atoms with Crippen LogP contribution in [0.2, 0.25) is 0 Å². The summed E-state index contributed by atoms with van der Waals surface area (Å²) in [6, 6.07) is 5.63. The van der Waals surface area contributed by atoms with E-state index >= 15 is 0 Å². The standard InChI is InChI=1S/C16H21FN2O3/c1-19-14(20)7-6-13(16(21)18-8-9-22-2)15(19)11-4-3-5-12(17)10-11/h3-5,10,13,15H,6-9H2,1-2H3,(H,18,21). The highest BCUT2D eigenvalue weighted by Crippen LogP contribution is 2.36. The number of hydrogen-bond donors (Lipinski definition) is 1. The second kappa shape index (κ2) is 7.35. The van der Waals surface area contributed by atoms with Crippen molar-refractivity contribution in [2.45, 2.75) is 18.9 Å². The fourth-order valence-electron chi connectivity index (χ4n) is 2.87. The summed E-state index contributed by atoms with van der Waals surface area (Å²) in [6.07, 6.45) is 0.786. The molecule has 6 heteroatoms. The molecule has 1 saturated heterocycles. The molecule has 5 nitrogen and oxygen atoms in total. The third-order valence-electron chi connectivity index (χ3n) is 3.99. The van der Waals surface area contributed by atoms with Crippen LogP contribution in [0.25, 0.3) is 0 Å². The second-order valence-corrected chi connectivity index (χ2v) is 5.43. The summed E-state index contributed by atoms with van der Waals surface area (Å²) in [7, 11) is 3.22. The third kappa shape index (κ3) is 3.62. The van der Waals surface area contributed by atoms with Crippen molar-refractivity contribution in [2.24, 2.45) is 5.92 Å². The minimum Gasteiger partial charge on any atom is -0.383 e. The summed E-state index contributed by atoms with van der Waals surface area (Å²) in [5.41, 5.74) is 0.641. The van der Waals surface area contributed by atoms with Crippen LogP contribution in [-0.4, -0.2) is 44.0 Å². The molecule has 0 aromatic heterocycles. The van der Waals surface area contributed by atoms with Gasteiger partial charge in [-0.15, -0.1) is 0 Å². The zero-order valence-corrected chi connectivity index (χ0v) is 12.8. The lowest BCUT2D eigenvalue weighted by atomic mass is 9.84. The van der Waals surface area contributed by atoms with Crippen LogP contribution in [0.4, 0.5) is 4.39 Å². The molecule has 2 atom stereocenters. The summed E-state index contributed by atoms with van der Waals surface area (Å²) in [5, 5.41) is 2.81. The van der Waals surface area contributed by atoms with Gasteiger partial charge in [-0.25, -0.2) is 4.39 Å². The molecule has 120 valence electrons. The molecular formula is C16H21FN2O3. The van der Waals surface area contributed by atoms with E-state index in [1.54, 1.807) is 31.2 Å². The molecule has 1 fully saturated rings. The number of amides is 2. The Labute approximate surface area is 129 Å². The Morgan fingerprint density at radius 2 is 2.27 bits per heavy atom. The smallest absolute Gasteiger partial charge is 0.225 e. The number of ether oxygens (including phenoxy) is 1. The minimum atomic E-state index is -0.445. The van der Waals surface area contributed by atoms with Gasteiger partial charge in [-0.3, -0.25) is 9.59 Å². The zero-order valence-electron chi connectivity index (χ0n) is 12.8. The molecule has 2 amide bonds. The van der Waals surface area contributed by atoms with Crippen LogP contribution in [0, 0.1) is 11.7 Å².